The van der Waals surface area contributed by atoms with Crippen LogP contribution in [0.5, 0.6) is 0 Å². The number of hydrogen-bond acceptors (Lipinski definition) is 2. The van der Waals surface area contributed by atoms with Crippen molar-refractivity contribution in [3.63, 3.8) is 0 Å². The fourth-order valence-corrected chi connectivity index (χ4v) is 2.34. The Balaban J connectivity index is 2.70. The summed E-state index contributed by atoms with van der Waals surface area (Å²) in [5.41, 5.74) is 0.539. The van der Waals surface area contributed by atoms with Crippen molar-refractivity contribution >= 4 is 29.0 Å². The zero-order chi connectivity index (χ0) is 13.7. The van der Waals surface area contributed by atoms with E-state index in [0.29, 0.717) is 28.2 Å². The molecule has 0 bridgehead atoms. The van der Waals surface area contributed by atoms with E-state index in [1.54, 1.807) is 18.2 Å². The van der Waals surface area contributed by atoms with Gasteiger partial charge in [-0.3, -0.25) is 9.69 Å². The second kappa shape index (κ2) is 7.13. The third-order valence-corrected chi connectivity index (χ3v) is 3.63. The second-order valence-electron chi connectivity index (χ2n) is 4.60. The minimum absolute atomic E-state index is 0.0297. The van der Waals surface area contributed by atoms with Gasteiger partial charge in [0.1, 0.15) is 0 Å². The van der Waals surface area contributed by atoms with Gasteiger partial charge in [-0.25, -0.2) is 0 Å². The first kappa shape index (κ1) is 15.5. The molecule has 0 aliphatic heterocycles. The molecule has 0 saturated heterocycles. The summed E-state index contributed by atoms with van der Waals surface area (Å²) in [7, 11) is 1.96. The molecule has 1 atom stereocenters. The molecule has 0 radical (unpaired) electrons. The van der Waals surface area contributed by atoms with Gasteiger partial charge < -0.3 is 0 Å². The van der Waals surface area contributed by atoms with Crippen molar-refractivity contribution in [2.75, 3.05) is 13.6 Å². The molecule has 0 fully saturated rings. The van der Waals surface area contributed by atoms with Gasteiger partial charge in [-0.1, -0.05) is 36.5 Å². The number of nitrogens with zero attached hydrogens (tertiary/aromatic N) is 1. The standard InChI is InChI=1S/C14H19Cl2NO/c1-4-5-10(2)17(3)9-14(18)12-7-6-11(15)8-13(12)16/h6-8,10H,4-5,9H2,1-3H3. The molecule has 2 nitrogen and oxygen atoms in total. The predicted molar refractivity (Wildman–Crippen MR) is 77.8 cm³/mol. The number of rotatable bonds is 6. The highest BCUT2D eigenvalue weighted by atomic mass is 35.5. The molecule has 1 rings (SSSR count). The lowest BCUT2D eigenvalue weighted by Gasteiger charge is -2.23. The lowest BCUT2D eigenvalue weighted by atomic mass is 10.1. The first-order valence-electron chi connectivity index (χ1n) is 6.14. The Hall–Kier alpha value is -0.570. The van der Waals surface area contributed by atoms with Gasteiger partial charge in [-0.05, 0) is 38.6 Å². The van der Waals surface area contributed by atoms with Crippen LogP contribution in [-0.2, 0) is 0 Å². The van der Waals surface area contributed by atoms with Crippen LogP contribution in [0, 0.1) is 0 Å². The Morgan fingerprint density at radius 2 is 2.06 bits per heavy atom. The van der Waals surface area contributed by atoms with Gasteiger partial charge >= 0.3 is 0 Å². The number of halogens is 2. The van der Waals surface area contributed by atoms with E-state index in [9.17, 15) is 4.79 Å². The fraction of sp³-hybridized carbons (Fsp3) is 0.500. The Morgan fingerprint density at radius 3 is 2.61 bits per heavy atom. The number of Topliss-reactive ketones (excluding diaryl/α,β-unsaturated/α-hetero) is 1. The molecule has 0 spiro atoms. The zero-order valence-electron chi connectivity index (χ0n) is 11.0. The van der Waals surface area contributed by atoms with Gasteiger partial charge in [-0.2, -0.15) is 0 Å². The number of ketones is 1. The van der Waals surface area contributed by atoms with Crippen LogP contribution >= 0.6 is 23.2 Å². The molecule has 0 amide bonds. The maximum Gasteiger partial charge on any atom is 0.178 e. The largest absolute Gasteiger partial charge is 0.296 e. The smallest absolute Gasteiger partial charge is 0.178 e. The van der Waals surface area contributed by atoms with Gasteiger partial charge in [0.2, 0.25) is 0 Å². The fourth-order valence-electron chi connectivity index (χ4n) is 1.82. The molecular formula is C14H19Cl2NO. The molecule has 100 valence electrons. The normalized spacial score (nSPS) is 12.8. The minimum Gasteiger partial charge on any atom is -0.296 e. The number of carbonyl (C=O) groups is 1. The van der Waals surface area contributed by atoms with Crippen LogP contribution in [0.4, 0.5) is 0 Å². The van der Waals surface area contributed by atoms with E-state index >= 15 is 0 Å². The first-order chi connectivity index (χ1) is 8.45. The molecular weight excluding hydrogens is 269 g/mol. The number of hydrogen-bond donors (Lipinski definition) is 0. The van der Waals surface area contributed by atoms with E-state index in [0.717, 1.165) is 12.8 Å². The Morgan fingerprint density at radius 1 is 1.39 bits per heavy atom. The number of likely N-dealkylation sites (N-methyl/N-ethyl adjacent to an activating group) is 1. The van der Waals surface area contributed by atoms with Crippen LogP contribution < -0.4 is 0 Å². The lowest BCUT2D eigenvalue weighted by molar-refractivity contribution is 0.0921. The summed E-state index contributed by atoms with van der Waals surface area (Å²) in [6.07, 6.45) is 2.19. The summed E-state index contributed by atoms with van der Waals surface area (Å²) in [4.78, 5) is 14.2. The van der Waals surface area contributed by atoms with E-state index in [4.69, 9.17) is 23.2 Å². The van der Waals surface area contributed by atoms with Crippen molar-refractivity contribution < 1.29 is 4.79 Å². The molecule has 0 saturated carbocycles. The van der Waals surface area contributed by atoms with Crippen LogP contribution in [0.15, 0.2) is 18.2 Å². The molecule has 0 aliphatic rings. The SMILES string of the molecule is CCCC(C)N(C)CC(=O)c1ccc(Cl)cc1Cl. The summed E-state index contributed by atoms with van der Waals surface area (Å²) < 4.78 is 0. The van der Waals surface area contributed by atoms with Crippen LogP contribution in [0.2, 0.25) is 10.0 Å². The second-order valence-corrected chi connectivity index (χ2v) is 5.44. The Kier molecular flexibility index (Phi) is 6.13. The van der Waals surface area contributed by atoms with Crippen molar-refractivity contribution in [2.24, 2.45) is 0 Å². The van der Waals surface area contributed by atoms with Crippen molar-refractivity contribution in [2.45, 2.75) is 32.7 Å². The molecule has 0 N–H and O–H groups in total. The van der Waals surface area contributed by atoms with Gasteiger partial charge in [-0.15, -0.1) is 0 Å². The molecule has 0 heterocycles. The molecule has 1 unspecified atom stereocenters. The van der Waals surface area contributed by atoms with Crippen LogP contribution in [0.1, 0.15) is 37.0 Å². The van der Waals surface area contributed by atoms with Crippen molar-refractivity contribution in [1.29, 1.82) is 0 Å². The quantitative estimate of drug-likeness (QED) is 0.727. The average molecular weight is 288 g/mol. The van der Waals surface area contributed by atoms with Crippen molar-refractivity contribution in [1.82, 2.24) is 4.90 Å². The number of carbonyl (C=O) groups excluding carboxylic acids is 1. The molecule has 1 aromatic carbocycles. The average Bonchev–Trinajstić information content (AvgIpc) is 2.28. The highest BCUT2D eigenvalue weighted by molar-refractivity contribution is 6.36. The number of benzene rings is 1. The summed E-state index contributed by atoms with van der Waals surface area (Å²) >= 11 is 11.8. The topological polar surface area (TPSA) is 20.3 Å². The van der Waals surface area contributed by atoms with Crippen molar-refractivity contribution in [3.8, 4) is 0 Å². The highest BCUT2D eigenvalue weighted by Gasteiger charge is 2.16. The Labute approximate surface area is 119 Å². The minimum atomic E-state index is 0.0297. The lowest BCUT2D eigenvalue weighted by Crippen LogP contribution is -2.33. The van der Waals surface area contributed by atoms with Gasteiger partial charge in [0, 0.05) is 16.6 Å². The first-order valence-corrected chi connectivity index (χ1v) is 6.89. The molecule has 0 aliphatic carbocycles. The van der Waals surface area contributed by atoms with Crippen LogP contribution in [0.25, 0.3) is 0 Å². The maximum atomic E-state index is 12.1. The predicted octanol–water partition coefficient (Wildman–Crippen LogP) is 4.30. The maximum absolute atomic E-state index is 12.1. The van der Waals surface area contributed by atoms with E-state index < -0.39 is 0 Å². The third kappa shape index (κ3) is 4.27. The van der Waals surface area contributed by atoms with E-state index in [1.807, 2.05) is 7.05 Å². The van der Waals surface area contributed by atoms with E-state index in [2.05, 4.69) is 18.7 Å². The highest BCUT2D eigenvalue weighted by Crippen LogP contribution is 2.21. The summed E-state index contributed by atoms with van der Waals surface area (Å²) in [6.45, 7) is 4.64. The van der Waals surface area contributed by atoms with Gasteiger partial charge in [0.25, 0.3) is 0 Å². The van der Waals surface area contributed by atoms with E-state index in [-0.39, 0.29) is 5.78 Å². The summed E-state index contributed by atoms with van der Waals surface area (Å²) in [6, 6.07) is 5.37. The monoisotopic (exact) mass is 287 g/mol. The van der Waals surface area contributed by atoms with Gasteiger partial charge in [0.15, 0.2) is 5.78 Å². The van der Waals surface area contributed by atoms with Crippen molar-refractivity contribution in [3.05, 3.63) is 33.8 Å². The molecule has 4 heteroatoms. The van der Waals surface area contributed by atoms with E-state index in [1.165, 1.54) is 0 Å². The molecule has 0 aromatic heterocycles. The Bertz CT molecular complexity index is 420. The third-order valence-electron chi connectivity index (χ3n) is 3.08. The van der Waals surface area contributed by atoms with Gasteiger partial charge in [0.05, 0.1) is 11.6 Å². The summed E-state index contributed by atoms with van der Waals surface area (Å²) in [5.74, 6) is 0.0297. The summed E-state index contributed by atoms with van der Waals surface area (Å²) in [5, 5.41) is 0.966. The van der Waals surface area contributed by atoms with Crippen LogP contribution in [0.3, 0.4) is 0 Å². The molecule has 1 aromatic rings. The molecule has 18 heavy (non-hydrogen) atoms. The van der Waals surface area contributed by atoms with Crippen LogP contribution in [-0.4, -0.2) is 30.3 Å². The zero-order valence-corrected chi connectivity index (χ0v) is 12.6.